The van der Waals surface area contributed by atoms with E-state index in [2.05, 4.69) is 15.9 Å². The van der Waals surface area contributed by atoms with Crippen LogP contribution in [0.4, 0.5) is 5.69 Å². The first-order valence-corrected chi connectivity index (χ1v) is 5.90. The maximum Gasteiger partial charge on any atom is 0.339 e. The van der Waals surface area contributed by atoms with Crippen molar-refractivity contribution in [3.05, 3.63) is 38.3 Å². The molecule has 0 N–H and O–H groups in total. The molecular weight excluding hydrogens is 290 g/mol. The van der Waals surface area contributed by atoms with Crippen LogP contribution in [-0.4, -0.2) is 17.0 Å². The summed E-state index contributed by atoms with van der Waals surface area (Å²) < 4.78 is 5.59. The van der Waals surface area contributed by atoms with Gasteiger partial charge in [-0.1, -0.05) is 6.92 Å². The molecule has 0 aliphatic rings. The van der Waals surface area contributed by atoms with E-state index in [1.807, 2.05) is 6.92 Å². The Morgan fingerprint density at radius 2 is 2.24 bits per heavy atom. The Balaban J connectivity index is 3.00. The van der Waals surface area contributed by atoms with Crippen LogP contribution in [0.1, 0.15) is 30.6 Å². The van der Waals surface area contributed by atoms with Gasteiger partial charge in [0.1, 0.15) is 0 Å². The first kappa shape index (κ1) is 13.6. The number of hydrogen-bond acceptors (Lipinski definition) is 4. The quantitative estimate of drug-likeness (QED) is 0.486. The fourth-order valence-corrected chi connectivity index (χ4v) is 1.52. The van der Waals surface area contributed by atoms with Crippen LogP contribution in [0.2, 0.25) is 0 Å². The first-order valence-electron chi connectivity index (χ1n) is 5.10. The second-order valence-electron chi connectivity index (χ2n) is 3.55. The molecule has 0 fully saturated rings. The van der Waals surface area contributed by atoms with Gasteiger partial charge in [-0.2, -0.15) is 0 Å². The van der Waals surface area contributed by atoms with E-state index in [9.17, 15) is 14.9 Å². The van der Waals surface area contributed by atoms with Crippen molar-refractivity contribution in [3.8, 4) is 0 Å². The summed E-state index contributed by atoms with van der Waals surface area (Å²) in [6.07, 6.45) is 0.479. The summed E-state index contributed by atoms with van der Waals surface area (Å²) in [7, 11) is 0. The minimum absolute atomic E-state index is 0.135. The lowest BCUT2D eigenvalue weighted by atomic mass is 10.2. The number of rotatable bonds is 4. The Labute approximate surface area is 107 Å². The van der Waals surface area contributed by atoms with Crippen molar-refractivity contribution in [2.45, 2.75) is 26.4 Å². The number of halogens is 1. The van der Waals surface area contributed by atoms with Crippen LogP contribution in [0.3, 0.4) is 0 Å². The zero-order valence-electron chi connectivity index (χ0n) is 9.47. The highest BCUT2D eigenvalue weighted by atomic mass is 79.9. The van der Waals surface area contributed by atoms with Gasteiger partial charge in [0.15, 0.2) is 0 Å². The van der Waals surface area contributed by atoms with Gasteiger partial charge >= 0.3 is 5.97 Å². The molecule has 0 radical (unpaired) electrons. The van der Waals surface area contributed by atoms with Crippen molar-refractivity contribution >= 4 is 27.6 Å². The summed E-state index contributed by atoms with van der Waals surface area (Å²) in [6, 6.07) is 3.99. The van der Waals surface area contributed by atoms with Gasteiger partial charge in [-0.25, -0.2) is 4.79 Å². The average molecular weight is 302 g/mol. The van der Waals surface area contributed by atoms with Gasteiger partial charge in [-0.15, -0.1) is 0 Å². The van der Waals surface area contributed by atoms with E-state index in [0.29, 0.717) is 10.9 Å². The third kappa shape index (κ3) is 3.52. The van der Waals surface area contributed by atoms with Crippen molar-refractivity contribution in [2.75, 3.05) is 0 Å². The third-order valence-corrected chi connectivity index (χ3v) is 2.96. The van der Waals surface area contributed by atoms with E-state index in [0.717, 1.165) is 0 Å². The topological polar surface area (TPSA) is 69.4 Å². The number of benzene rings is 1. The summed E-state index contributed by atoms with van der Waals surface area (Å²) >= 11 is 3.17. The molecule has 17 heavy (non-hydrogen) atoms. The zero-order valence-corrected chi connectivity index (χ0v) is 11.1. The molecule has 0 saturated carbocycles. The highest BCUT2D eigenvalue weighted by Crippen LogP contribution is 2.23. The minimum atomic E-state index is -0.560. The number of carbonyl (C=O) groups excluding carboxylic acids is 1. The van der Waals surface area contributed by atoms with E-state index in [4.69, 9.17) is 4.74 Å². The fraction of sp³-hybridized carbons (Fsp3) is 0.364. The molecule has 0 bridgehead atoms. The molecule has 1 aromatic rings. The van der Waals surface area contributed by atoms with Crippen LogP contribution in [0.5, 0.6) is 0 Å². The molecule has 0 aliphatic heterocycles. The summed E-state index contributed by atoms with van der Waals surface area (Å²) in [5, 5.41) is 10.6. The number of carbonyl (C=O) groups is 1. The number of hydrogen-bond donors (Lipinski definition) is 0. The number of ether oxygens (including phenoxy) is 1. The summed E-state index contributed by atoms with van der Waals surface area (Å²) in [5.74, 6) is -0.560. The molecule has 0 saturated heterocycles. The predicted molar refractivity (Wildman–Crippen MR) is 66.0 cm³/mol. The van der Waals surface area contributed by atoms with Crippen LogP contribution in [0, 0.1) is 10.1 Å². The highest BCUT2D eigenvalue weighted by molar-refractivity contribution is 9.10. The summed E-state index contributed by atoms with van der Waals surface area (Å²) in [5.41, 5.74) is 0.0313. The smallest absolute Gasteiger partial charge is 0.339 e. The average Bonchev–Trinajstić information content (AvgIpc) is 2.28. The van der Waals surface area contributed by atoms with E-state index < -0.39 is 10.9 Å². The van der Waals surface area contributed by atoms with Gasteiger partial charge < -0.3 is 4.74 Å². The maximum atomic E-state index is 11.7. The van der Waals surface area contributed by atoms with Gasteiger partial charge in [0.25, 0.3) is 5.69 Å². The van der Waals surface area contributed by atoms with Crippen molar-refractivity contribution in [1.29, 1.82) is 0 Å². The normalized spacial score (nSPS) is 11.9. The second-order valence-corrected chi connectivity index (χ2v) is 4.40. The van der Waals surface area contributed by atoms with Crippen LogP contribution in [0.15, 0.2) is 22.7 Å². The molecule has 1 aromatic carbocycles. The first-order chi connectivity index (χ1) is 7.95. The predicted octanol–water partition coefficient (Wildman–Crippen LogP) is 3.31. The Bertz CT molecular complexity index is 447. The molecular formula is C11H12BrNO4. The molecule has 5 nitrogen and oxygen atoms in total. The van der Waals surface area contributed by atoms with Crippen LogP contribution in [-0.2, 0) is 4.74 Å². The van der Waals surface area contributed by atoms with E-state index in [1.165, 1.54) is 18.2 Å². The molecule has 6 heteroatoms. The molecule has 0 aromatic heterocycles. The molecule has 92 valence electrons. The van der Waals surface area contributed by atoms with Crippen LogP contribution in [0.25, 0.3) is 0 Å². The molecule has 1 rings (SSSR count). The molecule has 0 amide bonds. The lowest BCUT2D eigenvalue weighted by molar-refractivity contribution is -0.384. The van der Waals surface area contributed by atoms with Crippen molar-refractivity contribution in [3.63, 3.8) is 0 Å². The largest absolute Gasteiger partial charge is 0.459 e. The number of nitro groups is 1. The van der Waals surface area contributed by atoms with Crippen LogP contribution >= 0.6 is 15.9 Å². The van der Waals surface area contributed by atoms with Gasteiger partial charge in [0.2, 0.25) is 0 Å². The van der Waals surface area contributed by atoms with E-state index in [-0.39, 0.29) is 17.4 Å². The Hall–Kier alpha value is -1.43. The Kier molecular flexibility index (Phi) is 4.62. The Morgan fingerprint density at radius 3 is 2.76 bits per heavy atom. The number of non-ortho nitro benzene ring substituents is 1. The van der Waals surface area contributed by atoms with Gasteiger partial charge in [-0.05, 0) is 35.3 Å². The molecule has 0 aliphatic carbocycles. The lowest BCUT2D eigenvalue weighted by Crippen LogP contribution is -2.14. The highest BCUT2D eigenvalue weighted by Gasteiger charge is 2.18. The van der Waals surface area contributed by atoms with Gasteiger partial charge in [0.05, 0.1) is 16.6 Å². The van der Waals surface area contributed by atoms with Crippen molar-refractivity contribution < 1.29 is 14.5 Å². The number of nitro benzene ring substituents is 1. The van der Waals surface area contributed by atoms with Crippen molar-refractivity contribution in [1.82, 2.24) is 0 Å². The molecule has 1 unspecified atom stereocenters. The van der Waals surface area contributed by atoms with Crippen LogP contribution < -0.4 is 0 Å². The van der Waals surface area contributed by atoms with E-state index >= 15 is 0 Å². The third-order valence-electron chi connectivity index (χ3n) is 2.26. The maximum absolute atomic E-state index is 11.7. The minimum Gasteiger partial charge on any atom is -0.459 e. The monoisotopic (exact) mass is 301 g/mol. The standard InChI is InChI=1S/C11H12BrNO4/c1-3-7(2)17-11(14)9-6-8(13(15)16)4-5-10(9)12/h4-7H,3H2,1-2H3. The number of nitrogens with zero attached hydrogens (tertiary/aromatic N) is 1. The Morgan fingerprint density at radius 1 is 1.59 bits per heavy atom. The lowest BCUT2D eigenvalue weighted by Gasteiger charge is -2.11. The van der Waals surface area contributed by atoms with Crippen molar-refractivity contribution in [2.24, 2.45) is 0 Å². The number of esters is 1. The fourth-order valence-electron chi connectivity index (χ4n) is 1.11. The summed E-state index contributed by atoms with van der Waals surface area (Å²) in [6.45, 7) is 3.66. The van der Waals surface area contributed by atoms with E-state index in [1.54, 1.807) is 6.92 Å². The zero-order chi connectivity index (χ0) is 13.0. The summed E-state index contributed by atoms with van der Waals surface area (Å²) in [4.78, 5) is 21.8. The van der Waals surface area contributed by atoms with Gasteiger partial charge in [-0.3, -0.25) is 10.1 Å². The molecule has 0 heterocycles. The van der Waals surface area contributed by atoms with Gasteiger partial charge in [0, 0.05) is 16.6 Å². The molecule has 1 atom stereocenters. The second kappa shape index (κ2) is 5.77. The molecule has 0 spiro atoms. The SMILES string of the molecule is CCC(C)OC(=O)c1cc([N+](=O)[O-])ccc1Br.